The van der Waals surface area contributed by atoms with Gasteiger partial charge in [-0.3, -0.25) is 4.79 Å². The van der Waals surface area contributed by atoms with Crippen LogP contribution in [0.5, 0.6) is 0 Å². The third-order valence-electron chi connectivity index (χ3n) is 2.65. The Balaban J connectivity index is 2.93. The number of benzene rings is 1. The van der Waals surface area contributed by atoms with Crippen molar-refractivity contribution in [3.8, 4) is 0 Å². The highest BCUT2D eigenvalue weighted by molar-refractivity contribution is 7.89. The molecule has 5 N–H and O–H groups in total. The first-order valence-electron chi connectivity index (χ1n) is 5.71. The van der Waals surface area contributed by atoms with E-state index < -0.39 is 16.1 Å². The molecule has 1 amide bonds. The summed E-state index contributed by atoms with van der Waals surface area (Å²) in [6, 6.07) is 5.02. The maximum atomic E-state index is 11.9. The molecule has 0 heterocycles. The number of nitrogens with one attached hydrogen (secondary N) is 1. The molecule has 0 aliphatic rings. The highest BCUT2D eigenvalue weighted by Crippen LogP contribution is 2.20. The fourth-order valence-corrected chi connectivity index (χ4v) is 1.92. The van der Waals surface area contributed by atoms with Crippen molar-refractivity contribution >= 4 is 21.6 Å². The van der Waals surface area contributed by atoms with Gasteiger partial charge in [0.15, 0.2) is 0 Å². The molecule has 0 bridgehead atoms. The normalized spacial score (nSPS) is 13.9. The largest absolute Gasteiger partial charge is 0.325 e. The van der Waals surface area contributed by atoms with Crippen LogP contribution >= 0.6 is 0 Å². The molecular formula is C12H19N3O3S. The average Bonchev–Trinajstić information content (AvgIpc) is 2.26. The van der Waals surface area contributed by atoms with Crippen LogP contribution in [-0.4, -0.2) is 20.4 Å². The van der Waals surface area contributed by atoms with Gasteiger partial charge in [0.25, 0.3) is 0 Å². The van der Waals surface area contributed by atoms with Gasteiger partial charge in [-0.2, -0.15) is 0 Å². The second-order valence-electron chi connectivity index (χ2n) is 5.41. The zero-order valence-electron chi connectivity index (χ0n) is 11.2. The fourth-order valence-electron chi connectivity index (χ4n) is 1.36. The molecule has 0 saturated carbocycles. The number of carbonyl (C=O) groups excluding carboxylic acids is 1. The Morgan fingerprint density at radius 2 is 1.89 bits per heavy atom. The van der Waals surface area contributed by atoms with Crippen molar-refractivity contribution in [3.05, 3.63) is 24.3 Å². The van der Waals surface area contributed by atoms with Crippen LogP contribution in [0, 0.1) is 5.41 Å². The number of amides is 1. The summed E-state index contributed by atoms with van der Waals surface area (Å²) < 4.78 is 22.4. The molecule has 1 unspecified atom stereocenters. The fraction of sp³-hybridized carbons (Fsp3) is 0.417. The lowest BCUT2D eigenvalue weighted by molar-refractivity contribution is -0.119. The van der Waals surface area contributed by atoms with Crippen LogP contribution in [0.3, 0.4) is 0 Å². The predicted molar refractivity (Wildman–Crippen MR) is 73.9 cm³/mol. The number of nitrogens with two attached hydrogens (primary N) is 2. The van der Waals surface area contributed by atoms with Gasteiger partial charge in [-0.25, -0.2) is 13.6 Å². The van der Waals surface area contributed by atoms with Gasteiger partial charge in [0.1, 0.15) is 0 Å². The van der Waals surface area contributed by atoms with E-state index in [2.05, 4.69) is 5.32 Å². The minimum Gasteiger partial charge on any atom is -0.325 e. The van der Waals surface area contributed by atoms with Gasteiger partial charge < -0.3 is 11.1 Å². The molecule has 106 valence electrons. The van der Waals surface area contributed by atoms with Gasteiger partial charge in [-0.05, 0) is 23.6 Å². The van der Waals surface area contributed by atoms with Gasteiger partial charge in [0, 0.05) is 5.69 Å². The number of rotatable bonds is 3. The number of carbonyl (C=O) groups is 1. The van der Waals surface area contributed by atoms with Gasteiger partial charge in [-0.1, -0.05) is 26.8 Å². The summed E-state index contributed by atoms with van der Waals surface area (Å²) in [5.41, 5.74) is 5.77. The van der Waals surface area contributed by atoms with Crippen molar-refractivity contribution in [1.82, 2.24) is 0 Å². The first-order valence-corrected chi connectivity index (χ1v) is 7.26. The molecule has 1 aromatic carbocycles. The van der Waals surface area contributed by atoms with E-state index in [9.17, 15) is 13.2 Å². The molecule has 1 rings (SSSR count). The molecule has 0 aromatic heterocycles. The molecule has 0 spiro atoms. The third kappa shape index (κ3) is 4.30. The molecule has 0 fully saturated rings. The maximum absolute atomic E-state index is 11.9. The molecule has 0 radical (unpaired) electrons. The molecular weight excluding hydrogens is 266 g/mol. The van der Waals surface area contributed by atoms with Gasteiger partial charge in [-0.15, -0.1) is 0 Å². The molecule has 0 aliphatic heterocycles. The van der Waals surface area contributed by atoms with Crippen LogP contribution in [0.2, 0.25) is 0 Å². The first kappa shape index (κ1) is 15.6. The Labute approximate surface area is 113 Å². The summed E-state index contributed by atoms with van der Waals surface area (Å²) in [6.07, 6.45) is 0. The van der Waals surface area contributed by atoms with Crippen molar-refractivity contribution in [1.29, 1.82) is 0 Å². The summed E-state index contributed by atoms with van der Waals surface area (Å²) in [5, 5.41) is 7.60. The predicted octanol–water partition coefficient (Wildman–Crippen LogP) is 0.646. The van der Waals surface area contributed by atoms with E-state index in [1.807, 2.05) is 20.8 Å². The standard InChI is InChI=1S/C12H19N3O3S/c1-12(2,3)10(13)11(16)15-8-5-4-6-9(7-8)19(14,17)18/h4-7,10H,13H2,1-3H3,(H,15,16)(H2,14,17,18). The molecule has 19 heavy (non-hydrogen) atoms. The monoisotopic (exact) mass is 285 g/mol. The van der Waals surface area contributed by atoms with E-state index >= 15 is 0 Å². The Morgan fingerprint density at radius 3 is 2.37 bits per heavy atom. The summed E-state index contributed by atoms with van der Waals surface area (Å²) in [7, 11) is -3.79. The van der Waals surface area contributed by atoms with Crippen LogP contribution in [0.25, 0.3) is 0 Å². The lowest BCUT2D eigenvalue weighted by atomic mass is 9.87. The van der Waals surface area contributed by atoms with Crippen molar-refractivity contribution in [3.63, 3.8) is 0 Å². The SMILES string of the molecule is CC(C)(C)C(N)C(=O)Nc1cccc(S(N)(=O)=O)c1. The number of anilines is 1. The van der Waals surface area contributed by atoms with Crippen molar-refractivity contribution < 1.29 is 13.2 Å². The second-order valence-corrected chi connectivity index (χ2v) is 6.97. The zero-order valence-corrected chi connectivity index (χ0v) is 12.0. The molecule has 1 aromatic rings. The van der Waals surface area contributed by atoms with E-state index in [4.69, 9.17) is 10.9 Å². The molecule has 6 nitrogen and oxygen atoms in total. The molecule has 7 heteroatoms. The van der Waals surface area contributed by atoms with E-state index in [-0.39, 0.29) is 16.2 Å². The number of hydrogen-bond acceptors (Lipinski definition) is 4. The van der Waals surface area contributed by atoms with Crippen LogP contribution < -0.4 is 16.2 Å². The summed E-state index contributed by atoms with van der Waals surface area (Å²) in [5.74, 6) is -0.376. The Kier molecular flexibility index (Phi) is 4.34. The molecule has 0 saturated heterocycles. The first-order chi connectivity index (χ1) is 8.51. The smallest absolute Gasteiger partial charge is 0.241 e. The second kappa shape index (κ2) is 5.28. The van der Waals surface area contributed by atoms with E-state index in [1.54, 1.807) is 6.07 Å². The Hall–Kier alpha value is -1.44. The highest BCUT2D eigenvalue weighted by Gasteiger charge is 2.27. The lowest BCUT2D eigenvalue weighted by Crippen LogP contribution is -2.45. The quantitative estimate of drug-likeness (QED) is 0.756. The van der Waals surface area contributed by atoms with Crippen LogP contribution in [0.15, 0.2) is 29.2 Å². The summed E-state index contributed by atoms with van der Waals surface area (Å²) >= 11 is 0. The van der Waals surface area contributed by atoms with Crippen LogP contribution in [0.1, 0.15) is 20.8 Å². The summed E-state index contributed by atoms with van der Waals surface area (Å²) in [4.78, 5) is 11.8. The van der Waals surface area contributed by atoms with Crippen molar-refractivity contribution in [2.75, 3.05) is 5.32 Å². The van der Waals surface area contributed by atoms with Crippen molar-refractivity contribution in [2.45, 2.75) is 31.7 Å². The highest BCUT2D eigenvalue weighted by atomic mass is 32.2. The van der Waals surface area contributed by atoms with Crippen LogP contribution in [0.4, 0.5) is 5.69 Å². The Morgan fingerprint density at radius 1 is 1.32 bits per heavy atom. The molecule has 0 aliphatic carbocycles. The minimum absolute atomic E-state index is 0.0605. The molecule has 1 atom stereocenters. The van der Waals surface area contributed by atoms with E-state index in [0.29, 0.717) is 5.69 Å². The minimum atomic E-state index is -3.79. The topological polar surface area (TPSA) is 115 Å². The van der Waals surface area contributed by atoms with Gasteiger partial charge >= 0.3 is 0 Å². The third-order valence-corrected chi connectivity index (χ3v) is 3.56. The van der Waals surface area contributed by atoms with E-state index in [1.165, 1.54) is 18.2 Å². The number of sulfonamides is 1. The van der Waals surface area contributed by atoms with Crippen LogP contribution in [-0.2, 0) is 14.8 Å². The van der Waals surface area contributed by atoms with Crippen molar-refractivity contribution in [2.24, 2.45) is 16.3 Å². The van der Waals surface area contributed by atoms with E-state index in [0.717, 1.165) is 0 Å². The number of primary sulfonamides is 1. The maximum Gasteiger partial charge on any atom is 0.241 e. The van der Waals surface area contributed by atoms with Gasteiger partial charge in [0.2, 0.25) is 15.9 Å². The van der Waals surface area contributed by atoms with Gasteiger partial charge in [0.05, 0.1) is 10.9 Å². The average molecular weight is 285 g/mol. The Bertz CT molecular complexity index is 576. The lowest BCUT2D eigenvalue weighted by Gasteiger charge is -2.25. The summed E-state index contributed by atoms with van der Waals surface area (Å²) in [6.45, 7) is 5.54. The number of hydrogen-bond donors (Lipinski definition) is 3. The zero-order chi connectivity index (χ0) is 14.8.